The average Bonchev–Trinajstić information content (AvgIpc) is 2.98. The van der Waals surface area contributed by atoms with Crippen molar-refractivity contribution in [2.24, 2.45) is 0 Å². The molecule has 0 spiro atoms. The van der Waals surface area contributed by atoms with Gasteiger partial charge in [0.25, 0.3) is 5.69 Å². The van der Waals surface area contributed by atoms with Gasteiger partial charge >= 0.3 is 0 Å². The Bertz CT molecular complexity index is 809. The largest absolute Gasteiger partial charge is 0.324 e. The standard InChI is InChI=1S/C16H20ClN5O3S/c1-4-7-21-15(10(2)3)19-20-16(21)26-9-14(23)18-13-8-11(22(24)25)5-6-12(13)17/h5-6,8,10H,4,7,9H2,1-3H3,(H,18,23). The summed E-state index contributed by atoms with van der Waals surface area (Å²) in [5.74, 6) is 0.894. The first-order valence-electron chi connectivity index (χ1n) is 8.13. The van der Waals surface area contributed by atoms with Crippen molar-refractivity contribution < 1.29 is 9.72 Å². The maximum Gasteiger partial charge on any atom is 0.271 e. The van der Waals surface area contributed by atoms with Gasteiger partial charge in [-0.1, -0.05) is 44.1 Å². The maximum absolute atomic E-state index is 12.2. The minimum absolute atomic E-state index is 0.0962. The third-order valence-corrected chi connectivity index (χ3v) is 4.77. The van der Waals surface area contributed by atoms with Crippen LogP contribution >= 0.6 is 23.4 Å². The minimum Gasteiger partial charge on any atom is -0.324 e. The SMILES string of the molecule is CCCn1c(SCC(=O)Nc2cc([N+](=O)[O-])ccc2Cl)nnc1C(C)C. The molecule has 10 heteroatoms. The van der Waals surface area contributed by atoms with Gasteiger partial charge in [-0.05, 0) is 12.5 Å². The lowest BCUT2D eigenvalue weighted by Gasteiger charge is -2.11. The van der Waals surface area contributed by atoms with E-state index in [1.165, 1.54) is 30.0 Å². The number of nitro benzene ring substituents is 1. The Hall–Kier alpha value is -2.13. The van der Waals surface area contributed by atoms with Crippen LogP contribution in [0.1, 0.15) is 38.9 Å². The van der Waals surface area contributed by atoms with Crippen LogP contribution in [0.4, 0.5) is 11.4 Å². The molecule has 0 aliphatic carbocycles. The van der Waals surface area contributed by atoms with Crippen molar-refractivity contribution in [2.45, 2.75) is 44.8 Å². The number of halogens is 1. The van der Waals surface area contributed by atoms with E-state index in [0.29, 0.717) is 5.16 Å². The van der Waals surface area contributed by atoms with Gasteiger partial charge in [-0.15, -0.1) is 10.2 Å². The molecule has 0 aliphatic rings. The Labute approximate surface area is 160 Å². The molecule has 0 atom stereocenters. The Morgan fingerprint density at radius 3 is 2.77 bits per heavy atom. The third-order valence-electron chi connectivity index (χ3n) is 3.48. The van der Waals surface area contributed by atoms with Crippen molar-refractivity contribution in [3.63, 3.8) is 0 Å². The maximum atomic E-state index is 12.2. The van der Waals surface area contributed by atoms with Crippen LogP contribution in [0.15, 0.2) is 23.4 Å². The zero-order valence-electron chi connectivity index (χ0n) is 14.7. The van der Waals surface area contributed by atoms with Crippen LogP contribution in [0.3, 0.4) is 0 Å². The Balaban J connectivity index is 2.06. The van der Waals surface area contributed by atoms with Crippen molar-refractivity contribution in [1.82, 2.24) is 14.8 Å². The summed E-state index contributed by atoms with van der Waals surface area (Å²) in [5, 5.41) is 22.7. The fourth-order valence-corrected chi connectivity index (χ4v) is 3.24. The lowest BCUT2D eigenvalue weighted by atomic mass is 10.2. The summed E-state index contributed by atoms with van der Waals surface area (Å²) >= 11 is 7.27. The Kier molecular flexibility index (Phi) is 6.98. The van der Waals surface area contributed by atoms with E-state index in [2.05, 4.69) is 22.4 Å². The molecule has 2 rings (SSSR count). The number of benzene rings is 1. The second kappa shape index (κ2) is 9.00. The fourth-order valence-electron chi connectivity index (χ4n) is 2.31. The first-order valence-corrected chi connectivity index (χ1v) is 9.49. The monoisotopic (exact) mass is 397 g/mol. The van der Waals surface area contributed by atoms with E-state index in [9.17, 15) is 14.9 Å². The van der Waals surface area contributed by atoms with Crippen LogP contribution < -0.4 is 5.32 Å². The van der Waals surface area contributed by atoms with E-state index >= 15 is 0 Å². The number of amides is 1. The molecule has 8 nitrogen and oxygen atoms in total. The van der Waals surface area contributed by atoms with E-state index in [-0.39, 0.29) is 34.0 Å². The predicted octanol–water partition coefficient (Wildman–Crippen LogP) is 4.10. The zero-order chi connectivity index (χ0) is 19.3. The molecule has 140 valence electrons. The number of rotatable bonds is 8. The number of nitro groups is 1. The number of nitrogens with one attached hydrogen (secondary N) is 1. The highest BCUT2D eigenvalue weighted by atomic mass is 35.5. The molecular formula is C16H20ClN5O3S. The van der Waals surface area contributed by atoms with E-state index in [1.54, 1.807) is 0 Å². The van der Waals surface area contributed by atoms with Crippen LogP contribution in [0.5, 0.6) is 0 Å². The van der Waals surface area contributed by atoms with Crippen LogP contribution in [0.2, 0.25) is 5.02 Å². The quantitative estimate of drug-likeness (QED) is 0.408. The molecule has 0 saturated heterocycles. The van der Waals surface area contributed by atoms with Gasteiger partial charge < -0.3 is 9.88 Å². The van der Waals surface area contributed by atoms with Crippen molar-refractivity contribution in [3.05, 3.63) is 39.2 Å². The summed E-state index contributed by atoms with van der Waals surface area (Å²) in [6.45, 7) is 6.93. The molecule has 0 aliphatic heterocycles. The van der Waals surface area contributed by atoms with Crippen LogP contribution in [0, 0.1) is 10.1 Å². The summed E-state index contributed by atoms with van der Waals surface area (Å²) in [6, 6.07) is 3.91. The van der Waals surface area contributed by atoms with Crippen molar-refractivity contribution in [3.8, 4) is 0 Å². The van der Waals surface area contributed by atoms with Crippen molar-refractivity contribution in [2.75, 3.05) is 11.1 Å². The zero-order valence-corrected chi connectivity index (χ0v) is 16.3. The predicted molar refractivity (Wildman–Crippen MR) is 102 cm³/mol. The summed E-state index contributed by atoms with van der Waals surface area (Å²) in [4.78, 5) is 22.5. The van der Waals surface area contributed by atoms with Gasteiger partial charge in [-0.2, -0.15) is 0 Å². The van der Waals surface area contributed by atoms with Gasteiger partial charge in [0.1, 0.15) is 5.82 Å². The number of carbonyl (C=O) groups excluding carboxylic acids is 1. The fraction of sp³-hybridized carbons (Fsp3) is 0.438. The number of anilines is 1. The number of nitrogens with zero attached hydrogens (tertiary/aromatic N) is 4. The molecular weight excluding hydrogens is 378 g/mol. The van der Waals surface area contributed by atoms with Gasteiger partial charge in [0.05, 0.1) is 21.4 Å². The van der Waals surface area contributed by atoms with Gasteiger partial charge in [-0.3, -0.25) is 14.9 Å². The molecule has 0 unspecified atom stereocenters. The van der Waals surface area contributed by atoms with E-state index in [1.807, 2.05) is 18.4 Å². The number of carbonyl (C=O) groups is 1. The van der Waals surface area contributed by atoms with Crippen LogP contribution in [0.25, 0.3) is 0 Å². The summed E-state index contributed by atoms with van der Waals surface area (Å²) in [7, 11) is 0. The van der Waals surface area contributed by atoms with Crippen molar-refractivity contribution in [1.29, 1.82) is 0 Å². The number of non-ortho nitro benzene ring substituents is 1. The van der Waals surface area contributed by atoms with Gasteiger partial charge in [0.15, 0.2) is 5.16 Å². The van der Waals surface area contributed by atoms with Gasteiger partial charge in [0, 0.05) is 24.6 Å². The molecule has 1 heterocycles. The van der Waals surface area contributed by atoms with Crippen molar-refractivity contribution >= 4 is 40.6 Å². The number of hydrogen-bond donors (Lipinski definition) is 1. The summed E-state index contributed by atoms with van der Waals surface area (Å²) in [5.41, 5.74) is 0.0750. The van der Waals surface area contributed by atoms with E-state index in [0.717, 1.165) is 18.8 Å². The first kappa shape index (κ1) is 20.2. The average molecular weight is 398 g/mol. The second-order valence-corrected chi connectivity index (χ2v) is 7.25. The smallest absolute Gasteiger partial charge is 0.271 e. The molecule has 1 amide bonds. The molecule has 0 bridgehead atoms. The number of hydrogen-bond acceptors (Lipinski definition) is 6. The minimum atomic E-state index is -0.540. The third kappa shape index (κ3) is 4.95. The van der Waals surface area contributed by atoms with Gasteiger partial charge in [-0.25, -0.2) is 0 Å². The molecule has 0 fully saturated rings. The topological polar surface area (TPSA) is 103 Å². The number of thioether (sulfide) groups is 1. The van der Waals surface area contributed by atoms with E-state index in [4.69, 9.17) is 11.6 Å². The highest BCUT2D eigenvalue weighted by molar-refractivity contribution is 7.99. The Morgan fingerprint density at radius 2 is 2.15 bits per heavy atom. The van der Waals surface area contributed by atoms with E-state index < -0.39 is 4.92 Å². The summed E-state index contributed by atoms with van der Waals surface area (Å²) < 4.78 is 2.02. The molecule has 26 heavy (non-hydrogen) atoms. The normalized spacial score (nSPS) is 11.0. The first-order chi connectivity index (χ1) is 12.3. The highest BCUT2D eigenvalue weighted by Crippen LogP contribution is 2.27. The number of aromatic nitrogens is 3. The molecule has 0 saturated carbocycles. The second-order valence-electron chi connectivity index (χ2n) is 5.91. The molecule has 1 aromatic heterocycles. The lowest BCUT2D eigenvalue weighted by Crippen LogP contribution is -2.15. The van der Waals surface area contributed by atoms with Gasteiger partial charge in [0.2, 0.25) is 5.91 Å². The molecule has 1 N–H and O–H groups in total. The Morgan fingerprint density at radius 1 is 1.42 bits per heavy atom. The lowest BCUT2D eigenvalue weighted by molar-refractivity contribution is -0.384. The molecule has 2 aromatic rings. The highest BCUT2D eigenvalue weighted by Gasteiger charge is 2.17. The van der Waals surface area contributed by atoms with Crippen LogP contribution in [-0.2, 0) is 11.3 Å². The molecule has 1 aromatic carbocycles. The summed E-state index contributed by atoms with van der Waals surface area (Å²) in [6.07, 6.45) is 0.931. The van der Waals surface area contributed by atoms with Crippen LogP contribution in [-0.4, -0.2) is 31.3 Å². The molecule has 0 radical (unpaired) electrons.